The molecule has 5 nitrogen and oxygen atoms in total. The Morgan fingerprint density at radius 1 is 1.36 bits per heavy atom. The normalized spacial score (nSPS) is 18.8. The number of carbonyl (C=O) groups excluding carboxylic acids is 2. The molecule has 0 bridgehead atoms. The number of nitrogens with one attached hydrogen (secondary N) is 1. The second-order valence-corrected chi connectivity index (χ2v) is 6.77. The number of piperidine rings is 1. The van der Waals surface area contributed by atoms with Crippen LogP contribution in [0.15, 0.2) is 35.9 Å². The Hall–Kier alpha value is -2.14. The van der Waals surface area contributed by atoms with Crippen LogP contribution in [0, 0.1) is 5.92 Å². The van der Waals surface area contributed by atoms with E-state index in [2.05, 4.69) is 22.3 Å². The van der Waals surface area contributed by atoms with E-state index in [1.54, 1.807) is 0 Å². The van der Waals surface area contributed by atoms with Crippen molar-refractivity contribution >= 4 is 11.8 Å². The molecule has 0 aromatic heterocycles. The molecule has 2 amide bonds. The first-order valence-electron chi connectivity index (χ1n) is 9.04. The maximum atomic E-state index is 12.0. The van der Waals surface area contributed by atoms with Crippen molar-refractivity contribution in [3.8, 4) is 0 Å². The molecule has 0 radical (unpaired) electrons. The van der Waals surface area contributed by atoms with Gasteiger partial charge in [-0.25, -0.2) is 0 Å². The third kappa shape index (κ3) is 6.02. The molecule has 1 aliphatic rings. The van der Waals surface area contributed by atoms with E-state index in [1.165, 1.54) is 5.56 Å². The number of hydrogen-bond acceptors (Lipinski definition) is 3. The fourth-order valence-electron chi connectivity index (χ4n) is 3.25. The number of amides is 2. The zero-order chi connectivity index (χ0) is 18.2. The minimum absolute atomic E-state index is 0.0208. The Labute approximate surface area is 150 Å². The number of nitrogens with two attached hydrogens (primary N) is 1. The van der Waals surface area contributed by atoms with Crippen molar-refractivity contribution in [3.05, 3.63) is 47.0 Å². The van der Waals surface area contributed by atoms with Gasteiger partial charge in [0, 0.05) is 25.2 Å². The van der Waals surface area contributed by atoms with Gasteiger partial charge in [-0.15, -0.1) is 0 Å². The Bertz CT molecular complexity index is 640. The first-order valence-corrected chi connectivity index (χ1v) is 9.04. The van der Waals surface area contributed by atoms with Crippen LogP contribution < -0.4 is 11.1 Å². The average Bonchev–Trinajstić information content (AvgIpc) is 2.60. The molecular weight excluding hydrogens is 314 g/mol. The van der Waals surface area contributed by atoms with Gasteiger partial charge in [-0.1, -0.05) is 37.3 Å². The summed E-state index contributed by atoms with van der Waals surface area (Å²) in [6.07, 6.45) is 4.68. The number of likely N-dealkylation sites (tertiary alicyclic amines) is 1. The summed E-state index contributed by atoms with van der Waals surface area (Å²) in [5.74, 6) is -0.256. The van der Waals surface area contributed by atoms with Gasteiger partial charge in [0.2, 0.25) is 11.8 Å². The summed E-state index contributed by atoms with van der Waals surface area (Å²) in [6, 6.07) is 8.24. The lowest BCUT2D eigenvalue weighted by molar-refractivity contribution is -0.123. The monoisotopic (exact) mass is 343 g/mol. The fourth-order valence-corrected chi connectivity index (χ4v) is 3.25. The van der Waals surface area contributed by atoms with Gasteiger partial charge in [0.05, 0.1) is 5.92 Å². The maximum absolute atomic E-state index is 12.0. The predicted octanol–water partition coefficient (Wildman–Crippen LogP) is 2.36. The van der Waals surface area contributed by atoms with Crippen molar-refractivity contribution in [3.63, 3.8) is 0 Å². The van der Waals surface area contributed by atoms with Crippen LogP contribution in [0.5, 0.6) is 0 Å². The van der Waals surface area contributed by atoms with E-state index in [-0.39, 0.29) is 17.7 Å². The van der Waals surface area contributed by atoms with Crippen molar-refractivity contribution in [2.45, 2.75) is 46.2 Å². The highest BCUT2D eigenvalue weighted by atomic mass is 16.2. The van der Waals surface area contributed by atoms with Gasteiger partial charge in [-0.05, 0) is 43.9 Å². The number of nitrogens with zero attached hydrogens (tertiary/aromatic N) is 1. The Kier molecular flexibility index (Phi) is 7.19. The van der Waals surface area contributed by atoms with Crippen molar-refractivity contribution < 1.29 is 9.59 Å². The van der Waals surface area contributed by atoms with Crippen LogP contribution in [0.25, 0.3) is 0 Å². The molecule has 25 heavy (non-hydrogen) atoms. The van der Waals surface area contributed by atoms with Crippen LogP contribution in [0.4, 0.5) is 0 Å². The molecule has 1 aromatic rings. The average molecular weight is 343 g/mol. The summed E-state index contributed by atoms with van der Waals surface area (Å²) in [4.78, 5) is 25.7. The van der Waals surface area contributed by atoms with Gasteiger partial charge < -0.3 is 11.1 Å². The molecule has 1 unspecified atom stereocenters. The molecule has 0 saturated carbocycles. The van der Waals surface area contributed by atoms with E-state index in [0.29, 0.717) is 6.54 Å². The van der Waals surface area contributed by atoms with Gasteiger partial charge in [0.25, 0.3) is 0 Å². The van der Waals surface area contributed by atoms with Gasteiger partial charge >= 0.3 is 0 Å². The molecular formula is C20H29N3O2. The Balaban J connectivity index is 1.91. The van der Waals surface area contributed by atoms with Gasteiger partial charge in [0.15, 0.2) is 0 Å². The lowest BCUT2D eigenvalue weighted by atomic mass is 9.97. The zero-order valence-electron chi connectivity index (χ0n) is 15.3. The van der Waals surface area contributed by atoms with E-state index in [0.717, 1.165) is 50.0 Å². The third-order valence-corrected chi connectivity index (χ3v) is 4.63. The van der Waals surface area contributed by atoms with Crippen molar-refractivity contribution in [2.24, 2.45) is 11.7 Å². The first-order chi connectivity index (χ1) is 12.0. The SMILES string of the molecule is CCC=C(C)C(=O)NCc1cccc(CN2CCCC(C(N)=O)C2)c1. The predicted molar refractivity (Wildman–Crippen MR) is 99.5 cm³/mol. The van der Waals surface area contributed by atoms with Crippen LogP contribution in [-0.2, 0) is 22.7 Å². The summed E-state index contributed by atoms with van der Waals surface area (Å²) in [7, 11) is 0. The number of carbonyl (C=O) groups is 2. The number of benzene rings is 1. The highest BCUT2D eigenvalue weighted by Gasteiger charge is 2.23. The minimum Gasteiger partial charge on any atom is -0.369 e. The van der Waals surface area contributed by atoms with E-state index in [9.17, 15) is 9.59 Å². The van der Waals surface area contributed by atoms with Crippen LogP contribution in [0.3, 0.4) is 0 Å². The maximum Gasteiger partial charge on any atom is 0.246 e. The summed E-state index contributed by atoms with van der Waals surface area (Å²) in [5, 5.41) is 2.95. The van der Waals surface area contributed by atoms with Crippen LogP contribution in [-0.4, -0.2) is 29.8 Å². The first kappa shape index (κ1) is 19.2. The molecule has 0 aliphatic carbocycles. The molecule has 1 heterocycles. The minimum atomic E-state index is -0.198. The van der Waals surface area contributed by atoms with Crippen molar-refractivity contribution in [2.75, 3.05) is 13.1 Å². The fraction of sp³-hybridized carbons (Fsp3) is 0.500. The van der Waals surface area contributed by atoms with E-state index in [4.69, 9.17) is 5.73 Å². The van der Waals surface area contributed by atoms with E-state index >= 15 is 0 Å². The van der Waals surface area contributed by atoms with E-state index < -0.39 is 0 Å². The van der Waals surface area contributed by atoms with Crippen LogP contribution >= 0.6 is 0 Å². The Morgan fingerprint density at radius 2 is 2.12 bits per heavy atom. The molecule has 136 valence electrons. The number of hydrogen-bond donors (Lipinski definition) is 2. The van der Waals surface area contributed by atoms with Gasteiger partial charge in [-0.3, -0.25) is 14.5 Å². The van der Waals surface area contributed by atoms with Crippen molar-refractivity contribution in [1.29, 1.82) is 0 Å². The molecule has 2 rings (SSSR count). The number of allylic oxidation sites excluding steroid dienone is 1. The van der Waals surface area contributed by atoms with Crippen LogP contribution in [0.2, 0.25) is 0 Å². The lowest BCUT2D eigenvalue weighted by Gasteiger charge is -2.31. The second-order valence-electron chi connectivity index (χ2n) is 6.77. The number of primary amides is 1. The molecule has 1 aromatic carbocycles. The summed E-state index contributed by atoms with van der Waals surface area (Å²) < 4.78 is 0. The molecule has 0 spiro atoms. The highest BCUT2D eigenvalue weighted by molar-refractivity contribution is 5.92. The highest BCUT2D eigenvalue weighted by Crippen LogP contribution is 2.18. The zero-order valence-corrected chi connectivity index (χ0v) is 15.3. The summed E-state index contributed by atoms with van der Waals surface area (Å²) in [5.41, 5.74) is 8.48. The van der Waals surface area contributed by atoms with E-state index in [1.807, 2.05) is 32.1 Å². The molecule has 3 N–H and O–H groups in total. The number of rotatable bonds is 7. The van der Waals surface area contributed by atoms with Crippen molar-refractivity contribution in [1.82, 2.24) is 10.2 Å². The molecule has 1 fully saturated rings. The van der Waals surface area contributed by atoms with Gasteiger partial charge in [0.1, 0.15) is 0 Å². The largest absolute Gasteiger partial charge is 0.369 e. The molecule has 1 atom stereocenters. The lowest BCUT2D eigenvalue weighted by Crippen LogP contribution is -2.40. The third-order valence-electron chi connectivity index (χ3n) is 4.63. The topological polar surface area (TPSA) is 75.4 Å². The van der Waals surface area contributed by atoms with Gasteiger partial charge in [-0.2, -0.15) is 0 Å². The molecule has 1 saturated heterocycles. The molecule has 1 aliphatic heterocycles. The Morgan fingerprint density at radius 3 is 2.84 bits per heavy atom. The quantitative estimate of drug-likeness (QED) is 0.746. The van der Waals surface area contributed by atoms with Crippen LogP contribution in [0.1, 0.15) is 44.2 Å². The molecule has 5 heteroatoms. The second kappa shape index (κ2) is 9.37. The summed E-state index contributed by atoms with van der Waals surface area (Å²) in [6.45, 7) is 6.90. The standard InChI is InChI=1S/C20H29N3O2/c1-3-6-15(2)20(25)22-12-16-7-4-8-17(11-16)13-23-10-5-9-18(14-23)19(21)24/h4,6-8,11,18H,3,5,9-10,12-14H2,1-2H3,(H2,21,24)(H,22,25). The smallest absolute Gasteiger partial charge is 0.246 e. The summed E-state index contributed by atoms with van der Waals surface area (Å²) >= 11 is 0.